The molecule has 0 aliphatic heterocycles. The fraction of sp³-hybridized carbons (Fsp3) is 0.571. The first-order valence-electron chi connectivity index (χ1n) is 6.05. The van der Waals surface area contributed by atoms with Gasteiger partial charge in [0.15, 0.2) is 0 Å². The Morgan fingerprint density at radius 1 is 1.35 bits per heavy atom. The molecule has 1 fully saturated rings. The first kappa shape index (κ1) is 12.9. The molecule has 0 heterocycles. The average molecular weight is 298 g/mol. The summed E-state index contributed by atoms with van der Waals surface area (Å²) in [5.41, 5.74) is 1.81. The highest BCUT2D eigenvalue weighted by Crippen LogP contribution is 2.47. The normalized spacial score (nSPS) is 17.2. The van der Waals surface area contributed by atoms with Gasteiger partial charge in [-0.3, -0.25) is 0 Å². The summed E-state index contributed by atoms with van der Waals surface area (Å²) in [5.74, 6) is 0.989. The third-order valence-corrected chi connectivity index (χ3v) is 4.67. The van der Waals surface area contributed by atoms with Crippen LogP contribution in [0.5, 0.6) is 5.75 Å². The Morgan fingerprint density at radius 3 is 2.65 bits per heavy atom. The minimum absolute atomic E-state index is 0.538. The standard InChI is InChI=1S/C14H20BrNO/c1-16(11-14(10-15)7-8-14)9-12-5-3-4-6-13(12)17-2/h3-6H,7-11H2,1-2H3. The Morgan fingerprint density at radius 2 is 2.06 bits per heavy atom. The SMILES string of the molecule is COc1ccccc1CN(C)CC1(CBr)CC1. The molecule has 0 unspecified atom stereocenters. The Bertz CT molecular complexity index is 376. The summed E-state index contributed by atoms with van der Waals surface area (Å²) in [6.07, 6.45) is 2.71. The molecule has 1 aromatic rings. The van der Waals surface area contributed by atoms with Crippen molar-refractivity contribution in [3.8, 4) is 5.75 Å². The van der Waals surface area contributed by atoms with E-state index in [2.05, 4.69) is 40.0 Å². The number of halogens is 1. The van der Waals surface area contributed by atoms with Crippen molar-refractivity contribution in [2.24, 2.45) is 5.41 Å². The third-order valence-electron chi connectivity index (χ3n) is 3.48. The minimum Gasteiger partial charge on any atom is -0.496 e. The van der Waals surface area contributed by atoms with Gasteiger partial charge >= 0.3 is 0 Å². The van der Waals surface area contributed by atoms with Crippen LogP contribution in [0.3, 0.4) is 0 Å². The molecule has 0 N–H and O–H groups in total. The molecule has 1 aliphatic carbocycles. The molecule has 3 heteroatoms. The van der Waals surface area contributed by atoms with Gasteiger partial charge in [-0.15, -0.1) is 0 Å². The van der Waals surface area contributed by atoms with Crippen LogP contribution in [0.15, 0.2) is 24.3 Å². The summed E-state index contributed by atoms with van der Waals surface area (Å²) in [4.78, 5) is 2.39. The average Bonchev–Trinajstić information content (AvgIpc) is 3.10. The first-order chi connectivity index (χ1) is 8.19. The monoisotopic (exact) mass is 297 g/mol. The summed E-state index contributed by atoms with van der Waals surface area (Å²) in [7, 11) is 3.93. The first-order valence-corrected chi connectivity index (χ1v) is 7.18. The van der Waals surface area contributed by atoms with E-state index in [-0.39, 0.29) is 0 Å². The number of hydrogen-bond acceptors (Lipinski definition) is 2. The molecule has 1 saturated carbocycles. The van der Waals surface area contributed by atoms with E-state index in [1.165, 1.54) is 18.4 Å². The quantitative estimate of drug-likeness (QED) is 0.747. The van der Waals surface area contributed by atoms with E-state index >= 15 is 0 Å². The van der Waals surface area contributed by atoms with E-state index in [4.69, 9.17) is 4.74 Å². The predicted octanol–water partition coefficient (Wildman–Crippen LogP) is 3.30. The second kappa shape index (κ2) is 5.40. The zero-order valence-electron chi connectivity index (χ0n) is 10.6. The number of para-hydroxylation sites is 1. The summed E-state index contributed by atoms with van der Waals surface area (Å²) < 4.78 is 5.38. The number of methoxy groups -OCH3 is 1. The van der Waals surface area contributed by atoms with Crippen molar-refractivity contribution in [3.05, 3.63) is 29.8 Å². The molecular weight excluding hydrogens is 278 g/mol. The van der Waals surface area contributed by atoms with Crippen LogP contribution >= 0.6 is 15.9 Å². The molecule has 2 rings (SSSR count). The van der Waals surface area contributed by atoms with Crippen LogP contribution in [0.1, 0.15) is 18.4 Å². The number of alkyl halides is 1. The van der Waals surface area contributed by atoms with Crippen LogP contribution in [0.4, 0.5) is 0 Å². The lowest BCUT2D eigenvalue weighted by atomic mass is 10.1. The number of benzene rings is 1. The maximum atomic E-state index is 5.38. The smallest absolute Gasteiger partial charge is 0.123 e. The second-order valence-electron chi connectivity index (χ2n) is 5.12. The van der Waals surface area contributed by atoms with Gasteiger partial charge in [0.2, 0.25) is 0 Å². The number of ether oxygens (including phenoxy) is 1. The predicted molar refractivity (Wildman–Crippen MR) is 74.8 cm³/mol. The van der Waals surface area contributed by atoms with Crippen LogP contribution in [0.25, 0.3) is 0 Å². The lowest BCUT2D eigenvalue weighted by molar-refractivity contribution is 0.266. The third kappa shape index (κ3) is 3.23. The highest BCUT2D eigenvalue weighted by Gasteiger charge is 2.42. The van der Waals surface area contributed by atoms with Gasteiger partial charge < -0.3 is 9.64 Å². The topological polar surface area (TPSA) is 12.5 Å². The van der Waals surface area contributed by atoms with Crippen LogP contribution in [0.2, 0.25) is 0 Å². The molecule has 0 atom stereocenters. The van der Waals surface area contributed by atoms with E-state index in [1.807, 2.05) is 12.1 Å². The van der Waals surface area contributed by atoms with Crippen molar-refractivity contribution >= 4 is 15.9 Å². The molecule has 1 aromatic carbocycles. The Balaban J connectivity index is 1.95. The van der Waals surface area contributed by atoms with Crippen LogP contribution in [0, 0.1) is 5.41 Å². The molecule has 2 nitrogen and oxygen atoms in total. The van der Waals surface area contributed by atoms with E-state index in [9.17, 15) is 0 Å². The number of hydrogen-bond donors (Lipinski definition) is 0. The Hall–Kier alpha value is -0.540. The summed E-state index contributed by atoms with van der Waals surface area (Å²) in [5, 5.41) is 1.12. The Labute approximate surface area is 112 Å². The molecule has 0 amide bonds. The molecule has 17 heavy (non-hydrogen) atoms. The zero-order valence-corrected chi connectivity index (χ0v) is 12.2. The fourth-order valence-corrected chi connectivity index (χ4v) is 3.00. The zero-order chi connectivity index (χ0) is 12.3. The molecule has 0 saturated heterocycles. The van der Waals surface area contributed by atoms with Crippen molar-refractivity contribution in [2.45, 2.75) is 19.4 Å². The molecule has 0 radical (unpaired) electrons. The van der Waals surface area contributed by atoms with Gasteiger partial charge in [-0.25, -0.2) is 0 Å². The molecule has 1 aliphatic rings. The van der Waals surface area contributed by atoms with E-state index < -0.39 is 0 Å². The van der Waals surface area contributed by atoms with Gasteiger partial charge in [0, 0.05) is 24.0 Å². The Kier molecular flexibility index (Phi) is 4.10. The lowest BCUT2D eigenvalue weighted by Gasteiger charge is -2.23. The van der Waals surface area contributed by atoms with Crippen molar-refractivity contribution in [2.75, 3.05) is 26.0 Å². The number of nitrogens with zero attached hydrogens (tertiary/aromatic N) is 1. The highest BCUT2D eigenvalue weighted by atomic mass is 79.9. The van der Waals surface area contributed by atoms with Gasteiger partial charge in [-0.1, -0.05) is 34.1 Å². The fourth-order valence-electron chi connectivity index (χ4n) is 2.26. The van der Waals surface area contributed by atoms with Gasteiger partial charge in [0.1, 0.15) is 5.75 Å². The molecule has 0 spiro atoms. The van der Waals surface area contributed by atoms with Crippen LogP contribution in [-0.2, 0) is 6.54 Å². The minimum atomic E-state index is 0.538. The van der Waals surface area contributed by atoms with Crippen LogP contribution in [-0.4, -0.2) is 30.9 Å². The van der Waals surface area contributed by atoms with Gasteiger partial charge in [0.25, 0.3) is 0 Å². The lowest BCUT2D eigenvalue weighted by Crippen LogP contribution is -2.27. The molecule has 0 aromatic heterocycles. The molecule has 94 valence electrons. The molecular formula is C14H20BrNO. The largest absolute Gasteiger partial charge is 0.496 e. The highest BCUT2D eigenvalue weighted by molar-refractivity contribution is 9.09. The maximum Gasteiger partial charge on any atom is 0.123 e. The number of rotatable bonds is 6. The van der Waals surface area contributed by atoms with Crippen molar-refractivity contribution in [3.63, 3.8) is 0 Å². The summed E-state index contributed by atoms with van der Waals surface area (Å²) in [6.45, 7) is 2.12. The van der Waals surface area contributed by atoms with Crippen molar-refractivity contribution < 1.29 is 4.74 Å². The van der Waals surface area contributed by atoms with E-state index in [1.54, 1.807) is 7.11 Å². The van der Waals surface area contributed by atoms with Crippen molar-refractivity contribution in [1.82, 2.24) is 4.90 Å². The van der Waals surface area contributed by atoms with Gasteiger partial charge in [-0.2, -0.15) is 0 Å². The summed E-state index contributed by atoms with van der Waals surface area (Å²) in [6, 6.07) is 8.26. The molecule has 0 bridgehead atoms. The van der Waals surface area contributed by atoms with Gasteiger partial charge in [-0.05, 0) is 31.4 Å². The summed E-state index contributed by atoms with van der Waals surface area (Å²) >= 11 is 3.62. The van der Waals surface area contributed by atoms with Crippen molar-refractivity contribution in [1.29, 1.82) is 0 Å². The van der Waals surface area contributed by atoms with Gasteiger partial charge in [0.05, 0.1) is 7.11 Å². The van der Waals surface area contributed by atoms with E-state index in [0.29, 0.717) is 5.41 Å². The maximum absolute atomic E-state index is 5.38. The van der Waals surface area contributed by atoms with E-state index in [0.717, 1.165) is 24.2 Å². The van der Waals surface area contributed by atoms with Crippen LogP contribution < -0.4 is 4.74 Å². The second-order valence-corrected chi connectivity index (χ2v) is 5.68.